The highest BCUT2D eigenvalue weighted by Gasteiger charge is 2.28. The lowest BCUT2D eigenvalue weighted by atomic mass is 9.86. The SMILES string of the molecule is COC(=O)C1=C(C(=O)OC)N(c2cccc(C(C)(C)C#N)c2)C=CC=C1. The maximum absolute atomic E-state index is 12.4. The number of rotatable bonds is 4. The number of carbonyl (C=O) groups is 2. The summed E-state index contributed by atoms with van der Waals surface area (Å²) in [6, 6.07) is 9.48. The molecule has 2 rings (SSSR count). The quantitative estimate of drug-likeness (QED) is 0.775. The second-order valence-corrected chi connectivity index (χ2v) is 6.10. The molecule has 0 atom stereocenters. The summed E-state index contributed by atoms with van der Waals surface area (Å²) in [6.45, 7) is 3.62. The number of methoxy groups -OCH3 is 2. The Morgan fingerprint density at radius 3 is 2.42 bits per heavy atom. The number of hydrogen-bond donors (Lipinski definition) is 0. The summed E-state index contributed by atoms with van der Waals surface area (Å²) in [5.74, 6) is -1.32. The third-order valence-corrected chi connectivity index (χ3v) is 4.01. The second-order valence-electron chi connectivity index (χ2n) is 6.10. The Bertz CT molecular complexity index is 857. The molecule has 0 bridgehead atoms. The number of esters is 2. The molecule has 0 aliphatic carbocycles. The average Bonchev–Trinajstić information content (AvgIpc) is 2.89. The van der Waals surface area contributed by atoms with Gasteiger partial charge in [-0.05, 0) is 43.7 Å². The van der Waals surface area contributed by atoms with Crippen LogP contribution in [0.25, 0.3) is 0 Å². The van der Waals surface area contributed by atoms with E-state index in [0.29, 0.717) is 5.69 Å². The Hall–Kier alpha value is -3.33. The Kier molecular flexibility index (Phi) is 5.63. The molecule has 26 heavy (non-hydrogen) atoms. The van der Waals surface area contributed by atoms with Crippen molar-refractivity contribution in [1.29, 1.82) is 5.26 Å². The maximum atomic E-state index is 12.4. The van der Waals surface area contributed by atoms with Gasteiger partial charge in [0.05, 0.1) is 31.3 Å². The first-order valence-electron chi connectivity index (χ1n) is 7.92. The summed E-state index contributed by atoms with van der Waals surface area (Å²) in [5.41, 5.74) is 0.814. The fraction of sp³-hybridized carbons (Fsp3) is 0.250. The van der Waals surface area contributed by atoms with Crippen molar-refractivity contribution in [2.75, 3.05) is 19.1 Å². The molecule has 0 radical (unpaired) electrons. The number of nitrogens with zero attached hydrogens (tertiary/aromatic N) is 2. The zero-order chi connectivity index (χ0) is 19.3. The van der Waals surface area contributed by atoms with E-state index >= 15 is 0 Å². The summed E-state index contributed by atoms with van der Waals surface area (Å²) < 4.78 is 9.67. The highest BCUT2D eigenvalue weighted by molar-refractivity contribution is 6.05. The van der Waals surface area contributed by atoms with Crippen LogP contribution in [-0.4, -0.2) is 26.2 Å². The normalized spacial score (nSPS) is 13.9. The average molecular weight is 352 g/mol. The summed E-state index contributed by atoms with van der Waals surface area (Å²) in [6.07, 6.45) is 6.48. The minimum Gasteiger partial charge on any atom is -0.465 e. The van der Waals surface area contributed by atoms with E-state index in [1.165, 1.54) is 20.3 Å². The molecule has 0 fully saturated rings. The van der Waals surface area contributed by atoms with Gasteiger partial charge in [-0.15, -0.1) is 0 Å². The predicted molar refractivity (Wildman–Crippen MR) is 96.9 cm³/mol. The largest absolute Gasteiger partial charge is 0.465 e. The molecule has 1 aromatic carbocycles. The van der Waals surface area contributed by atoms with E-state index in [2.05, 4.69) is 6.07 Å². The Labute approximate surface area is 152 Å². The molecule has 0 unspecified atom stereocenters. The van der Waals surface area contributed by atoms with Gasteiger partial charge in [-0.2, -0.15) is 5.26 Å². The minimum atomic E-state index is -0.704. The first kappa shape index (κ1) is 19.0. The first-order chi connectivity index (χ1) is 12.4. The van der Waals surface area contributed by atoms with Crippen molar-refractivity contribution in [2.45, 2.75) is 19.3 Å². The zero-order valence-electron chi connectivity index (χ0n) is 15.1. The standard InChI is InChI=1S/C20H20N2O4/c1-20(2,13-21)14-8-7-9-15(12-14)22-11-6-5-10-16(18(23)25-3)17(22)19(24)26-4/h5-12H,1-4H3. The number of benzene rings is 1. The second kappa shape index (κ2) is 7.70. The van der Waals surface area contributed by atoms with Gasteiger partial charge >= 0.3 is 11.9 Å². The zero-order valence-corrected chi connectivity index (χ0v) is 15.1. The van der Waals surface area contributed by atoms with Crippen LogP contribution >= 0.6 is 0 Å². The Morgan fingerprint density at radius 2 is 1.81 bits per heavy atom. The molecule has 0 spiro atoms. The van der Waals surface area contributed by atoms with Crippen molar-refractivity contribution < 1.29 is 19.1 Å². The summed E-state index contributed by atoms with van der Waals surface area (Å²) in [4.78, 5) is 26.1. The molecule has 0 saturated carbocycles. The fourth-order valence-electron chi connectivity index (χ4n) is 2.47. The molecule has 6 nitrogen and oxygen atoms in total. The van der Waals surface area contributed by atoms with Gasteiger partial charge in [0.2, 0.25) is 0 Å². The lowest BCUT2D eigenvalue weighted by Crippen LogP contribution is -2.27. The number of carbonyl (C=O) groups excluding carboxylic acids is 2. The van der Waals surface area contributed by atoms with Gasteiger partial charge < -0.3 is 14.4 Å². The van der Waals surface area contributed by atoms with E-state index in [4.69, 9.17) is 9.47 Å². The van der Waals surface area contributed by atoms with Crippen LogP contribution < -0.4 is 4.90 Å². The van der Waals surface area contributed by atoms with Crippen LogP contribution in [0.15, 0.2) is 60.0 Å². The molecule has 1 heterocycles. The number of nitriles is 1. The Balaban J connectivity index is 2.67. The fourth-order valence-corrected chi connectivity index (χ4v) is 2.47. The van der Waals surface area contributed by atoms with Gasteiger partial charge in [0.15, 0.2) is 0 Å². The van der Waals surface area contributed by atoms with Crippen LogP contribution in [0.1, 0.15) is 19.4 Å². The maximum Gasteiger partial charge on any atom is 0.355 e. The third-order valence-electron chi connectivity index (χ3n) is 4.01. The number of allylic oxidation sites excluding steroid dienone is 2. The highest BCUT2D eigenvalue weighted by atomic mass is 16.5. The van der Waals surface area contributed by atoms with Gasteiger partial charge in [-0.1, -0.05) is 18.2 Å². The molecular formula is C20H20N2O4. The lowest BCUT2D eigenvalue weighted by Gasteiger charge is -2.25. The number of hydrogen-bond acceptors (Lipinski definition) is 6. The summed E-state index contributed by atoms with van der Waals surface area (Å²) in [5, 5.41) is 9.39. The monoisotopic (exact) mass is 352 g/mol. The van der Waals surface area contributed by atoms with Crippen LogP contribution in [0.5, 0.6) is 0 Å². The molecule has 0 saturated heterocycles. The highest BCUT2D eigenvalue weighted by Crippen LogP contribution is 2.30. The van der Waals surface area contributed by atoms with E-state index in [1.54, 1.807) is 41.5 Å². The van der Waals surface area contributed by atoms with Gasteiger partial charge in [0.1, 0.15) is 5.70 Å². The van der Waals surface area contributed by atoms with Gasteiger partial charge in [0.25, 0.3) is 0 Å². The molecule has 0 amide bonds. The van der Waals surface area contributed by atoms with E-state index in [1.807, 2.05) is 19.9 Å². The van der Waals surface area contributed by atoms with Crippen molar-refractivity contribution in [3.8, 4) is 6.07 Å². The van der Waals surface area contributed by atoms with Crippen LogP contribution in [0.2, 0.25) is 0 Å². The molecule has 1 aromatic rings. The van der Waals surface area contributed by atoms with Crippen molar-refractivity contribution in [3.05, 3.63) is 65.5 Å². The van der Waals surface area contributed by atoms with Crippen molar-refractivity contribution in [3.63, 3.8) is 0 Å². The first-order valence-corrected chi connectivity index (χ1v) is 7.92. The van der Waals surface area contributed by atoms with Crippen LogP contribution in [0.3, 0.4) is 0 Å². The summed E-state index contributed by atoms with van der Waals surface area (Å²) >= 11 is 0. The number of anilines is 1. The van der Waals surface area contributed by atoms with Crippen LogP contribution in [0.4, 0.5) is 5.69 Å². The number of ether oxygens (including phenoxy) is 2. The molecule has 6 heteroatoms. The van der Waals surface area contributed by atoms with Gasteiger partial charge in [0, 0.05) is 11.9 Å². The minimum absolute atomic E-state index is 0.0382. The van der Waals surface area contributed by atoms with Crippen molar-refractivity contribution in [2.24, 2.45) is 0 Å². The van der Waals surface area contributed by atoms with Crippen LogP contribution in [0, 0.1) is 11.3 Å². The molecule has 0 aromatic heterocycles. The van der Waals surface area contributed by atoms with E-state index in [-0.39, 0.29) is 11.3 Å². The van der Waals surface area contributed by atoms with E-state index in [0.717, 1.165) is 5.56 Å². The van der Waals surface area contributed by atoms with E-state index in [9.17, 15) is 14.9 Å². The van der Waals surface area contributed by atoms with E-state index < -0.39 is 17.4 Å². The molecule has 134 valence electrons. The topological polar surface area (TPSA) is 79.6 Å². The molecule has 1 aliphatic heterocycles. The lowest BCUT2D eigenvalue weighted by molar-refractivity contribution is -0.139. The van der Waals surface area contributed by atoms with Gasteiger partial charge in [-0.25, -0.2) is 9.59 Å². The molecule has 0 N–H and O–H groups in total. The smallest absolute Gasteiger partial charge is 0.355 e. The molecular weight excluding hydrogens is 332 g/mol. The molecule has 1 aliphatic rings. The summed E-state index contributed by atoms with van der Waals surface area (Å²) in [7, 11) is 2.49. The van der Waals surface area contributed by atoms with Crippen molar-refractivity contribution in [1.82, 2.24) is 0 Å². The third kappa shape index (κ3) is 3.67. The van der Waals surface area contributed by atoms with Crippen LogP contribution in [-0.2, 0) is 24.5 Å². The van der Waals surface area contributed by atoms with Crippen molar-refractivity contribution >= 4 is 17.6 Å². The van der Waals surface area contributed by atoms with Gasteiger partial charge in [-0.3, -0.25) is 0 Å². The predicted octanol–water partition coefficient (Wildman–Crippen LogP) is 2.98. The Morgan fingerprint density at radius 1 is 1.12 bits per heavy atom.